The van der Waals surface area contributed by atoms with Gasteiger partial charge in [0.1, 0.15) is 11.6 Å². The zero-order chi connectivity index (χ0) is 24.8. The molecule has 0 radical (unpaired) electrons. The number of benzene rings is 1. The average Bonchev–Trinajstić information content (AvgIpc) is 2.84. The number of hydrogen-bond donors (Lipinski definition) is 0. The maximum Gasteiger partial charge on any atom is 0.305 e. The molecule has 0 N–H and O–H groups in total. The van der Waals surface area contributed by atoms with E-state index in [0.29, 0.717) is 43.5 Å². The van der Waals surface area contributed by atoms with Crippen molar-refractivity contribution in [3.63, 3.8) is 0 Å². The lowest BCUT2D eigenvalue weighted by Gasteiger charge is -2.45. The van der Waals surface area contributed by atoms with Crippen LogP contribution in [0.5, 0.6) is 0 Å². The highest BCUT2D eigenvalue weighted by atomic mass is 35.5. The van der Waals surface area contributed by atoms with Gasteiger partial charge in [-0.1, -0.05) is 37.3 Å². The van der Waals surface area contributed by atoms with Crippen LogP contribution in [0.15, 0.2) is 42.6 Å². The second-order valence-electron chi connectivity index (χ2n) is 8.66. The summed E-state index contributed by atoms with van der Waals surface area (Å²) in [6.07, 6.45) is 3.45. The Hall–Kier alpha value is -3.33. The molecule has 0 amide bonds. The average molecular weight is 496 g/mol. The highest BCUT2D eigenvalue weighted by Gasteiger charge is 2.32. The first kappa shape index (κ1) is 24.8. The summed E-state index contributed by atoms with van der Waals surface area (Å²) in [7, 11) is 0. The third kappa shape index (κ3) is 6.22. The molecular formula is C25H30ClN7O2. The molecule has 1 aliphatic heterocycles. The van der Waals surface area contributed by atoms with Crippen LogP contribution in [0.4, 0.5) is 11.8 Å². The van der Waals surface area contributed by atoms with E-state index >= 15 is 0 Å². The van der Waals surface area contributed by atoms with Crippen LogP contribution in [0.1, 0.15) is 39.4 Å². The lowest BCUT2D eigenvalue weighted by atomic mass is 10.1. The van der Waals surface area contributed by atoms with Crippen molar-refractivity contribution >= 4 is 29.3 Å². The molecule has 2 atom stereocenters. The van der Waals surface area contributed by atoms with Gasteiger partial charge in [-0.3, -0.25) is 4.79 Å². The highest BCUT2D eigenvalue weighted by Crippen LogP contribution is 2.26. The number of halogens is 1. The molecule has 0 bridgehead atoms. The highest BCUT2D eigenvalue weighted by molar-refractivity contribution is 6.28. The molecule has 0 aliphatic carbocycles. The van der Waals surface area contributed by atoms with Gasteiger partial charge in [0, 0.05) is 49.8 Å². The maximum absolute atomic E-state index is 11.6. The minimum Gasteiger partial charge on any atom is -0.465 e. The summed E-state index contributed by atoms with van der Waals surface area (Å²) in [4.78, 5) is 38.6. The third-order valence-electron chi connectivity index (χ3n) is 5.83. The third-order valence-corrected chi connectivity index (χ3v) is 6.00. The Morgan fingerprint density at radius 2 is 1.80 bits per heavy atom. The van der Waals surface area contributed by atoms with E-state index in [1.165, 1.54) is 0 Å². The molecule has 0 unspecified atom stereocenters. The van der Waals surface area contributed by atoms with E-state index in [-0.39, 0.29) is 29.9 Å². The number of esters is 1. The van der Waals surface area contributed by atoms with Gasteiger partial charge >= 0.3 is 5.97 Å². The summed E-state index contributed by atoms with van der Waals surface area (Å²) < 4.78 is 5.26. The first-order valence-corrected chi connectivity index (χ1v) is 12.3. The normalized spacial score (nSPS) is 17.9. The second kappa shape index (κ2) is 11.4. The topological polar surface area (TPSA) is 97.2 Å². The SMILES string of the molecule is CCCC(=O)OCCc1nccc(N2[C@H](C)CN(c3nc(Cl)nc(-c4ccccc4)n3)C[C@@H]2C)n1. The Morgan fingerprint density at radius 1 is 1.06 bits per heavy atom. The van der Waals surface area contributed by atoms with Crippen LogP contribution in [-0.4, -0.2) is 62.7 Å². The molecule has 0 spiro atoms. The summed E-state index contributed by atoms with van der Waals surface area (Å²) in [6.45, 7) is 7.94. The Morgan fingerprint density at radius 3 is 2.51 bits per heavy atom. The smallest absolute Gasteiger partial charge is 0.305 e. The van der Waals surface area contributed by atoms with Gasteiger partial charge in [-0.25, -0.2) is 9.97 Å². The van der Waals surface area contributed by atoms with Gasteiger partial charge in [-0.15, -0.1) is 0 Å². The van der Waals surface area contributed by atoms with Crippen molar-refractivity contribution < 1.29 is 9.53 Å². The molecule has 1 aromatic carbocycles. The van der Waals surface area contributed by atoms with E-state index in [0.717, 1.165) is 17.8 Å². The Bertz CT molecular complexity index is 1140. The fraction of sp³-hybridized carbons (Fsp3) is 0.440. The number of carbonyl (C=O) groups excluding carboxylic acids is 1. The molecule has 1 aliphatic rings. The van der Waals surface area contributed by atoms with Crippen LogP contribution < -0.4 is 9.80 Å². The summed E-state index contributed by atoms with van der Waals surface area (Å²) in [5.74, 6) is 2.46. The molecule has 4 rings (SSSR count). The zero-order valence-corrected chi connectivity index (χ0v) is 21.0. The number of nitrogens with zero attached hydrogens (tertiary/aromatic N) is 7. The molecule has 3 aromatic rings. The zero-order valence-electron chi connectivity index (χ0n) is 20.3. The molecule has 10 heteroatoms. The number of piperazine rings is 1. The number of carbonyl (C=O) groups is 1. The Labute approximate surface area is 210 Å². The Kier molecular flexibility index (Phi) is 8.07. The molecule has 2 aromatic heterocycles. The number of anilines is 2. The number of rotatable bonds is 8. The summed E-state index contributed by atoms with van der Waals surface area (Å²) in [5, 5.41) is 0.177. The standard InChI is InChI=1S/C25H30ClN7O2/c1-4-8-22(34)35-14-12-20-27-13-11-21(28-20)33-17(2)15-32(16-18(33)3)25-30-23(29-24(26)31-25)19-9-6-5-7-10-19/h5-7,9-11,13,17-18H,4,8,12,14-16H2,1-3H3/t17-,18+. The van der Waals surface area contributed by atoms with Crippen LogP contribution in [0.3, 0.4) is 0 Å². The molecule has 1 fully saturated rings. The second-order valence-corrected chi connectivity index (χ2v) is 8.99. The minimum absolute atomic E-state index is 0.139. The lowest BCUT2D eigenvalue weighted by Crippen LogP contribution is -2.57. The number of aromatic nitrogens is 5. The van der Waals surface area contributed by atoms with E-state index < -0.39 is 0 Å². The fourth-order valence-electron chi connectivity index (χ4n) is 4.32. The molecular weight excluding hydrogens is 466 g/mol. The number of ether oxygens (including phenoxy) is 1. The summed E-state index contributed by atoms with van der Waals surface area (Å²) >= 11 is 6.26. The van der Waals surface area contributed by atoms with E-state index in [9.17, 15) is 4.79 Å². The van der Waals surface area contributed by atoms with Gasteiger partial charge in [0.2, 0.25) is 11.2 Å². The molecule has 9 nitrogen and oxygen atoms in total. The van der Waals surface area contributed by atoms with Crippen LogP contribution in [0.2, 0.25) is 5.28 Å². The first-order chi connectivity index (χ1) is 16.9. The first-order valence-electron chi connectivity index (χ1n) is 11.9. The predicted octanol–water partition coefficient (Wildman–Crippen LogP) is 3.97. The molecule has 35 heavy (non-hydrogen) atoms. The molecule has 0 saturated carbocycles. The molecule has 1 saturated heterocycles. The van der Waals surface area contributed by atoms with Crippen LogP contribution >= 0.6 is 11.6 Å². The monoisotopic (exact) mass is 495 g/mol. The van der Waals surface area contributed by atoms with Crippen molar-refractivity contribution in [2.24, 2.45) is 0 Å². The van der Waals surface area contributed by atoms with Gasteiger partial charge in [0.15, 0.2) is 5.82 Å². The van der Waals surface area contributed by atoms with E-state index in [4.69, 9.17) is 26.3 Å². The van der Waals surface area contributed by atoms with Crippen LogP contribution in [0, 0.1) is 0 Å². The van der Waals surface area contributed by atoms with E-state index in [1.807, 2.05) is 43.3 Å². The van der Waals surface area contributed by atoms with Crippen molar-refractivity contribution in [1.82, 2.24) is 24.9 Å². The Balaban J connectivity index is 1.46. The van der Waals surface area contributed by atoms with Crippen LogP contribution in [-0.2, 0) is 16.0 Å². The molecule has 184 valence electrons. The quantitative estimate of drug-likeness (QED) is 0.430. The van der Waals surface area contributed by atoms with Crippen molar-refractivity contribution in [3.05, 3.63) is 53.7 Å². The lowest BCUT2D eigenvalue weighted by molar-refractivity contribution is -0.143. The summed E-state index contributed by atoms with van der Waals surface area (Å²) in [5.41, 5.74) is 0.895. The largest absolute Gasteiger partial charge is 0.465 e. The van der Waals surface area contributed by atoms with Crippen molar-refractivity contribution in [2.75, 3.05) is 29.5 Å². The van der Waals surface area contributed by atoms with Crippen molar-refractivity contribution in [1.29, 1.82) is 0 Å². The van der Waals surface area contributed by atoms with Crippen molar-refractivity contribution in [3.8, 4) is 11.4 Å². The van der Waals surface area contributed by atoms with Crippen LogP contribution in [0.25, 0.3) is 11.4 Å². The van der Waals surface area contributed by atoms with E-state index in [1.54, 1.807) is 6.20 Å². The van der Waals surface area contributed by atoms with Gasteiger partial charge in [-0.05, 0) is 37.9 Å². The molecule has 3 heterocycles. The van der Waals surface area contributed by atoms with Gasteiger partial charge in [0.05, 0.1) is 6.61 Å². The maximum atomic E-state index is 11.6. The van der Waals surface area contributed by atoms with Gasteiger partial charge in [0.25, 0.3) is 0 Å². The predicted molar refractivity (Wildman–Crippen MR) is 135 cm³/mol. The van der Waals surface area contributed by atoms with E-state index in [2.05, 4.69) is 38.6 Å². The van der Waals surface area contributed by atoms with Gasteiger partial charge in [-0.2, -0.15) is 15.0 Å². The van der Waals surface area contributed by atoms with Crippen molar-refractivity contribution in [2.45, 2.75) is 52.1 Å². The van der Waals surface area contributed by atoms with Gasteiger partial charge < -0.3 is 14.5 Å². The number of hydrogen-bond acceptors (Lipinski definition) is 9. The summed E-state index contributed by atoms with van der Waals surface area (Å²) in [6, 6.07) is 11.9. The minimum atomic E-state index is -0.184. The fourth-order valence-corrected chi connectivity index (χ4v) is 4.48.